The van der Waals surface area contributed by atoms with Gasteiger partial charge in [0.1, 0.15) is 5.65 Å². The van der Waals surface area contributed by atoms with Gasteiger partial charge in [-0.15, -0.1) is 0 Å². The summed E-state index contributed by atoms with van der Waals surface area (Å²) in [6.45, 7) is 13.4. The number of hydrogen-bond donors (Lipinski definition) is 1. The summed E-state index contributed by atoms with van der Waals surface area (Å²) in [4.78, 5) is 16.0. The zero-order valence-corrected chi connectivity index (χ0v) is 22.1. The molecule has 0 bridgehead atoms. The Kier molecular flexibility index (Phi) is 6.57. The molecule has 0 amide bonds. The minimum absolute atomic E-state index is 0.130. The monoisotopic (exact) mass is 468 g/mol. The van der Waals surface area contributed by atoms with E-state index in [-0.39, 0.29) is 5.41 Å². The molecule has 1 atom stereocenters. The first-order chi connectivity index (χ1) is 16.9. The SMILES string of the molecule is CCc1ccc(C2CCC=C(C3(C)CCN(c4c(CC)cnc5[nH]c(C)cc45)CC3)N=C2C)cc1. The number of aromatic nitrogens is 2. The zero-order chi connectivity index (χ0) is 24.6. The second-order valence-electron chi connectivity index (χ2n) is 10.8. The molecule has 0 aliphatic carbocycles. The van der Waals surface area contributed by atoms with Crippen LogP contribution in [0.15, 0.2) is 53.3 Å². The van der Waals surface area contributed by atoms with Gasteiger partial charge in [0.2, 0.25) is 0 Å². The lowest BCUT2D eigenvalue weighted by molar-refractivity contribution is 0.301. The molecule has 2 aliphatic heterocycles. The van der Waals surface area contributed by atoms with Crippen molar-refractivity contribution in [3.8, 4) is 0 Å². The number of hydrogen-bond acceptors (Lipinski definition) is 3. The van der Waals surface area contributed by atoms with Crippen molar-refractivity contribution in [2.24, 2.45) is 10.4 Å². The molecular weight excluding hydrogens is 428 g/mol. The first kappa shape index (κ1) is 23.8. The third-order valence-corrected chi connectivity index (χ3v) is 8.41. The van der Waals surface area contributed by atoms with Crippen molar-refractivity contribution < 1.29 is 0 Å². The van der Waals surface area contributed by atoms with E-state index in [1.54, 1.807) is 0 Å². The van der Waals surface area contributed by atoms with Crippen LogP contribution in [-0.2, 0) is 12.8 Å². The number of benzene rings is 1. The van der Waals surface area contributed by atoms with Crippen LogP contribution >= 0.6 is 0 Å². The van der Waals surface area contributed by atoms with Crippen molar-refractivity contribution in [3.05, 3.63) is 70.7 Å². The van der Waals surface area contributed by atoms with Gasteiger partial charge in [-0.2, -0.15) is 0 Å². The third-order valence-electron chi connectivity index (χ3n) is 8.41. The standard InChI is InChI=1S/C31H40N4/c1-6-23-11-13-25(14-12-23)26-9-8-10-28(34-22(26)4)31(5)15-17-35(18-16-31)29-24(7-2)20-32-30-27(29)19-21(3)33-30/h10-14,19-20,26H,6-9,15-18H2,1-5H3,(H,32,33). The van der Waals surface area contributed by atoms with E-state index < -0.39 is 0 Å². The molecule has 4 nitrogen and oxygen atoms in total. The largest absolute Gasteiger partial charge is 0.371 e. The Morgan fingerprint density at radius 3 is 2.49 bits per heavy atom. The van der Waals surface area contributed by atoms with Crippen molar-refractivity contribution in [2.45, 2.75) is 79.1 Å². The van der Waals surface area contributed by atoms with Gasteiger partial charge in [-0.25, -0.2) is 4.98 Å². The van der Waals surface area contributed by atoms with Gasteiger partial charge < -0.3 is 9.88 Å². The third kappa shape index (κ3) is 4.55. The van der Waals surface area contributed by atoms with Crippen molar-refractivity contribution in [2.75, 3.05) is 18.0 Å². The molecule has 4 heterocycles. The molecule has 35 heavy (non-hydrogen) atoms. The first-order valence-corrected chi connectivity index (χ1v) is 13.5. The van der Waals surface area contributed by atoms with E-state index in [1.165, 1.54) is 44.9 Å². The average Bonchev–Trinajstić information content (AvgIpc) is 3.14. The normalized spacial score (nSPS) is 20.5. The summed E-state index contributed by atoms with van der Waals surface area (Å²) in [7, 11) is 0. The Hall–Kier alpha value is -2.88. The summed E-state index contributed by atoms with van der Waals surface area (Å²) in [6.07, 6.45) is 11.1. The topological polar surface area (TPSA) is 44.3 Å². The highest BCUT2D eigenvalue weighted by Crippen LogP contribution is 2.44. The second kappa shape index (κ2) is 9.64. The van der Waals surface area contributed by atoms with Crippen molar-refractivity contribution in [1.29, 1.82) is 0 Å². The van der Waals surface area contributed by atoms with E-state index in [9.17, 15) is 0 Å². The van der Waals surface area contributed by atoms with E-state index in [0.29, 0.717) is 5.92 Å². The Labute approximate surface area is 210 Å². The average molecular weight is 469 g/mol. The minimum atomic E-state index is 0.130. The maximum Gasteiger partial charge on any atom is 0.139 e. The van der Waals surface area contributed by atoms with Crippen LogP contribution in [0.2, 0.25) is 0 Å². The minimum Gasteiger partial charge on any atom is -0.371 e. The van der Waals surface area contributed by atoms with Crippen molar-refractivity contribution in [1.82, 2.24) is 9.97 Å². The fourth-order valence-electron chi connectivity index (χ4n) is 6.03. The van der Waals surface area contributed by atoms with Crippen LogP contribution in [0.5, 0.6) is 0 Å². The van der Waals surface area contributed by atoms with E-state index in [4.69, 9.17) is 4.99 Å². The molecule has 1 unspecified atom stereocenters. The Balaban J connectivity index is 1.36. The Morgan fingerprint density at radius 1 is 1.06 bits per heavy atom. The Morgan fingerprint density at radius 2 is 1.80 bits per heavy atom. The van der Waals surface area contributed by atoms with Crippen LogP contribution in [0, 0.1) is 12.3 Å². The van der Waals surface area contributed by atoms with Gasteiger partial charge in [0.15, 0.2) is 0 Å². The molecule has 1 fully saturated rings. The van der Waals surface area contributed by atoms with E-state index in [1.807, 2.05) is 0 Å². The van der Waals surface area contributed by atoms with Crippen molar-refractivity contribution >= 4 is 22.4 Å². The van der Waals surface area contributed by atoms with Gasteiger partial charge in [-0.1, -0.05) is 51.1 Å². The number of allylic oxidation sites excluding steroid dienone is 2. The number of aromatic amines is 1. The van der Waals surface area contributed by atoms with E-state index in [0.717, 1.165) is 57.3 Å². The maximum atomic E-state index is 5.30. The highest BCUT2D eigenvalue weighted by atomic mass is 15.1. The van der Waals surface area contributed by atoms with Gasteiger partial charge in [0, 0.05) is 53.1 Å². The Bertz CT molecular complexity index is 1250. The number of nitrogens with one attached hydrogen (secondary N) is 1. The van der Waals surface area contributed by atoms with Gasteiger partial charge in [-0.05, 0) is 75.1 Å². The highest BCUT2D eigenvalue weighted by molar-refractivity contribution is 5.92. The summed E-state index contributed by atoms with van der Waals surface area (Å²) in [5.74, 6) is 0.424. The molecule has 1 N–H and O–H groups in total. The van der Waals surface area contributed by atoms with Gasteiger partial charge in [0.05, 0.1) is 5.69 Å². The lowest BCUT2D eigenvalue weighted by atomic mass is 9.77. The lowest BCUT2D eigenvalue weighted by Gasteiger charge is -2.41. The molecule has 4 heteroatoms. The number of piperidine rings is 1. The van der Waals surface area contributed by atoms with Crippen LogP contribution in [0.3, 0.4) is 0 Å². The number of rotatable bonds is 5. The lowest BCUT2D eigenvalue weighted by Crippen LogP contribution is -2.40. The molecule has 0 saturated carbocycles. The predicted molar refractivity (Wildman–Crippen MR) is 149 cm³/mol. The zero-order valence-electron chi connectivity index (χ0n) is 22.1. The molecule has 0 radical (unpaired) electrons. The van der Waals surface area contributed by atoms with Crippen LogP contribution in [0.1, 0.15) is 81.7 Å². The number of fused-ring (bicyclic) bond motifs is 1. The molecular formula is C31H40N4. The molecule has 3 aromatic rings. The fourth-order valence-corrected chi connectivity index (χ4v) is 6.03. The predicted octanol–water partition coefficient (Wildman–Crippen LogP) is 7.53. The number of anilines is 1. The van der Waals surface area contributed by atoms with Gasteiger partial charge in [-0.3, -0.25) is 4.99 Å². The molecule has 2 aromatic heterocycles. The number of aryl methyl sites for hydroxylation is 3. The molecule has 1 saturated heterocycles. The molecule has 1 aromatic carbocycles. The molecule has 0 spiro atoms. The summed E-state index contributed by atoms with van der Waals surface area (Å²) in [6, 6.07) is 11.5. The summed E-state index contributed by atoms with van der Waals surface area (Å²) in [5.41, 5.74) is 10.4. The molecule has 2 aliphatic rings. The highest BCUT2D eigenvalue weighted by Gasteiger charge is 2.36. The van der Waals surface area contributed by atoms with Crippen LogP contribution in [0.25, 0.3) is 11.0 Å². The second-order valence-corrected chi connectivity index (χ2v) is 10.8. The van der Waals surface area contributed by atoms with E-state index >= 15 is 0 Å². The summed E-state index contributed by atoms with van der Waals surface area (Å²) in [5, 5.41) is 1.27. The molecule has 5 rings (SSSR count). The van der Waals surface area contributed by atoms with Gasteiger partial charge in [0.25, 0.3) is 0 Å². The van der Waals surface area contributed by atoms with E-state index in [2.05, 4.69) is 92.1 Å². The first-order valence-electron chi connectivity index (χ1n) is 13.5. The summed E-state index contributed by atoms with van der Waals surface area (Å²) < 4.78 is 0. The quantitative estimate of drug-likeness (QED) is 0.421. The van der Waals surface area contributed by atoms with Crippen LogP contribution < -0.4 is 4.90 Å². The van der Waals surface area contributed by atoms with Gasteiger partial charge >= 0.3 is 0 Å². The number of aliphatic imine (C=N–C) groups is 1. The number of nitrogens with zero attached hydrogens (tertiary/aromatic N) is 3. The smallest absolute Gasteiger partial charge is 0.139 e. The van der Waals surface area contributed by atoms with Crippen LogP contribution in [0.4, 0.5) is 5.69 Å². The van der Waals surface area contributed by atoms with Crippen molar-refractivity contribution in [3.63, 3.8) is 0 Å². The maximum absolute atomic E-state index is 5.30. The fraction of sp³-hybridized carbons (Fsp3) is 0.484. The number of pyridine rings is 1. The number of H-pyrrole nitrogens is 1. The molecule has 184 valence electrons. The summed E-state index contributed by atoms with van der Waals surface area (Å²) >= 11 is 0. The van der Waals surface area contributed by atoms with Crippen LogP contribution in [-0.4, -0.2) is 28.8 Å².